The minimum absolute atomic E-state index is 0.0239. The van der Waals surface area contributed by atoms with E-state index in [-0.39, 0.29) is 11.6 Å². The van der Waals surface area contributed by atoms with Gasteiger partial charge in [0.1, 0.15) is 0 Å². The first-order chi connectivity index (χ1) is 7.67. The predicted molar refractivity (Wildman–Crippen MR) is 62.0 cm³/mol. The van der Waals surface area contributed by atoms with Crippen molar-refractivity contribution in [1.82, 2.24) is 10.2 Å². The van der Waals surface area contributed by atoms with E-state index >= 15 is 0 Å². The van der Waals surface area contributed by atoms with Crippen LogP contribution in [0.4, 0.5) is 4.79 Å². The third kappa shape index (κ3) is 1.79. The summed E-state index contributed by atoms with van der Waals surface area (Å²) in [5, 5.41) is 3.15. The molecule has 2 atom stereocenters. The molecule has 0 spiro atoms. The molecule has 0 bridgehead atoms. The van der Waals surface area contributed by atoms with E-state index in [4.69, 9.17) is 5.73 Å². The molecular formula is C12H21N3O. The minimum Gasteiger partial charge on any atom is -0.335 e. The summed E-state index contributed by atoms with van der Waals surface area (Å²) in [6.07, 6.45) is 7.25. The number of carbonyl (C=O) groups excluding carboxylic acids is 1. The fourth-order valence-corrected chi connectivity index (χ4v) is 3.19. The summed E-state index contributed by atoms with van der Waals surface area (Å²) in [4.78, 5) is 13.9. The molecule has 4 nitrogen and oxygen atoms in total. The number of hydrogen-bond acceptors (Lipinski definition) is 2. The predicted octanol–water partition coefficient (Wildman–Crippen LogP) is 1.06. The molecule has 3 N–H and O–H groups in total. The topological polar surface area (TPSA) is 58.4 Å². The van der Waals surface area contributed by atoms with Crippen LogP contribution in [0.25, 0.3) is 0 Å². The molecule has 2 saturated carbocycles. The van der Waals surface area contributed by atoms with Gasteiger partial charge in [0.05, 0.1) is 0 Å². The van der Waals surface area contributed by atoms with E-state index in [2.05, 4.69) is 5.32 Å². The van der Waals surface area contributed by atoms with E-state index in [1.165, 1.54) is 19.3 Å². The maximum Gasteiger partial charge on any atom is 0.317 e. The molecule has 3 fully saturated rings. The van der Waals surface area contributed by atoms with Crippen LogP contribution in [0.1, 0.15) is 38.5 Å². The Hall–Kier alpha value is -0.770. The van der Waals surface area contributed by atoms with E-state index in [0.29, 0.717) is 12.0 Å². The monoisotopic (exact) mass is 223 g/mol. The van der Waals surface area contributed by atoms with Crippen molar-refractivity contribution in [2.45, 2.75) is 50.1 Å². The molecule has 1 aliphatic heterocycles. The van der Waals surface area contributed by atoms with Gasteiger partial charge in [-0.25, -0.2) is 4.79 Å². The molecule has 3 rings (SSSR count). The van der Waals surface area contributed by atoms with Crippen molar-refractivity contribution in [2.75, 3.05) is 13.1 Å². The highest BCUT2D eigenvalue weighted by Gasteiger charge is 2.58. The highest BCUT2D eigenvalue weighted by Crippen LogP contribution is 2.47. The van der Waals surface area contributed by atoms with Crippen molar-refractivity contribution in [1.29, 1.82) is 0 Å². The van der Waals surface area contributed by atoms with E-state index in [1.54, 1.807) is 0 Å². The largest absolute Gasteiger partial charge is 0.335 e. The molecule has 3 aliphatic rings. The standard InChI is InChI=1S/C12H21N3O/c13-12-6-9(12)7-15(8-12)11(16)14-10-4-2-1-3-5-10/h9-10H,1-8,13H2,(H,14,16)/t9-,12-/m1/s1. The third-order valence-corrected chi connectivity index (χ3v) is 4.43. The summed E-state index contributed by atoms with van der Waals surface area (Å²) in [5.74, 6) is 0.574. The lowest BCUT2D eigenvalue weighted by Crippen LogP contribution is -2.47. The second-order valence-electron chi connectivity index (χ2n) is 5.80. The average Bonchev–Trinajstić information content (AvgIpc) is 2.78. The van der Waals surface area contributed by atoms with Gasteiger partial charge in [-0.1, -0.05) is 19.3 Å². The zero-order chi connectivity index (χ0) is 11.2. The Morgan fingerprint density at radius 1 is 1.31 bits per heavy atom. The van der Waals surface area contributed by atoms with Crippen molar-refractivity contribution in [3.8, 4) is 0 Å². The molecule has 2 amide bonds. The van der Waals surface area contributed by atoms with Crippen LogP contribution in [0.3, 0.4) is 0 Å². The molecule has 1 heterocycles. The number of nitrogens with one attached hydrogen (secondary N) is 1. The fraction of sp³-hybridized carbons (Fsp3) is 0.917. The fourth-order valence-electron chi connectivity index (χ4n) is 3.19. The van der Waals surface area contributed by atoms with Crippen molar-refractivity contribution in [3.63, 3.8) is 0 Å². The van der Waals surface area contributed by atoms with Crippen molar-refractivity contribution in [2.24, 2.45) is 11.7 Å². The average molecular weight is 223 g/mol. The highest BCUT2D eigenvalue weighted by atomic mass is 16.2. The Balaban J connectivity index is 1.50. The molecule has 0 aromatic carbocycles. The van der Waals surface area contributed by atoms with Crippen LogP contribution in [0, 0.1) is 5.92 Å². The number of urea groups is 1. The number of hydrogen-bond donors (Lipinski definition) is 2. The maximum atomic E-state index is 12.0. The number of nitrogens with two attached hydrogens (primary N) is 1. The molecule has 4 heteroatoms. The summed E-state index contributed by atoms with van der Waals surface area (Å²) >= 11 is 0. The van der Waals surface area contributed by atoms with E-state index in [9.17, 15) is 4.79 Å². The Labute approximate surface area is 96.5 Å². The van der Waals surface area contributed by atoms with Crippen LogP contribution in [0.5, 0.6) is 0 Å². The highest BCUT2D eigenvalue weighted by molar-refractivity contribution is 5.75. The Morgan fingerprint density at radius 2 is 2.06 bits per heavy atom. The number of amides is 2. The molecular weight excluding hydrogens is 202 g/mol. The summed E-state index contributed by atoms with van der Waals surface area (Å²) < 4.78 is 0. The van der Waals surface area contributed by atoms with Crippen LogP contribution in [-0.2, 0) is 0 Å². The van der Waals surface area contributed by atoms with Crippen LogP contribution in [0.15, 0.2) is 0 Å². The molecule has 1 saturated heterocycles. The van der Waals surface area contributed by atoms with Crippen LogP contribution < -0.4 is 11.1 Å². The molecule has 0 radical (unpaired) electrons. The van der Waals surface area contributed by atoms with Gasteiger partial charge >= 0.3 is 6.03 Å². The van der Waals surface area contributed by atoms with Gasteiger partial charge in [-0.2, -0.15) is 0 Å². The van der Waals surface area contributed by atoms with Gasteiger partial charge in [0, 0.05) is 24.7 Å². The molecule has 0 unspecified atom stereocenters. The first kappa shape index (κ1) is 10.4. The smallest absolute Gasteiger partial charge is 0.317 e. The lowest BCUT2D eigenvalue weighted by molar-refractivity contribution is 0.194. The lowest BCUT2D eigenvalue weighted by Gasteiger charge is -2.27. The van der Waals surface area contributed by atoms with E-state index in [0.717, 1.165) is 32.4 Å². The van der Waals surface area contributed by atoms with Crippen LogP contribution in [-0.4, -0.2) is 35.6 Å². The SMILES string of the molecule is N[C@@]12C[C@@H]1CN(C(=O)NC1CCCCC1)C2. The number of carbonyl (C=O) groups is 1. The van der Waals surface area contributed by atoms with Crippen LogP contribution >= 0.6 is 0 Å². The van der Waals surface area contributed by atoms with Gasteiger partial charge < -0.3 is 16.0 Å². The quantitative estimate of drug-likeness (QED) is 0.698. The number of fused-ring (bicyclic) bond motifs is 1. The minimum atomic E-state index is -0.0239. The Bertz CT molecular complexity index is 301. The molecule has 0 aromatic rings. The Morgan fingerprint density at radius 3 is 2.69 bits per heavy atom. The van der Waals surface area contributed by atoms with E-state index in [1.807, 2.05) is 4.90 Å². The van der Waals surface area contributed by atoms with Gasteiger partial charge in [-0.15, -0.1) is 0 Å². The maximum absolute atomic E-state index is 12.0. The van der Waals surface area contributed by atoms with Crippen molar-refractivity contribution >= 4 is 6.03 Å². The third-order valence-electron chi connectivity index (χ3n) is 4.43. The molecule has 90 valence electrons. The zero-order valence-corrected chi connectivity index (χ0v) is 9.74. The summed E-state index contributed by atoms with van der Waals surface area (Å²) in [7, 11) is 0. The molecule has 0 aromatic heterocycles. The van der Waals surface area contributed by atoms with E-state index < -0.39 is 0 Å². The first-order valence-corrected chi connectivity index (χ1v) is 6.52. The summed E-state index contributed by atoms with van der Waals surface area (Å²) in [6.45, 7) is 1.63. The molecule has 2 aliphatic carbocycles. The first-order valence-electron chi connectivity index (χ1n) is 6.52. The second kappa shape index (κ2) is 3.62. The second-order valence-corrected chi connectivity index (χ2v) is 5.80. The number of rotatable bonds is 1. The normalized spacial score (nSPS) is 38.3. The molecule has 16 heavy (non-hydrogen) atoms. The van der Waals surface area contributed by atoms with Crippen LogP contribution in [0.2, 0.25) is 0 Å². The van der Waals surface area contributed by atoms with Gasteiger partial charge in [0.25, 0.3) is 0 Å². The summed E-state index contributed by atoms with van der Waals surface area (Å²) in [6, 6.07) is 0.524. The van der Waals surface area contributed by atoms with Gasteiger partial charge in [0.15, 0.2) is 0 Å². The van der Waals surface area contributed by atoms with Gasteiger partial charge in [0.2, 0.25) is 0 Å². The van der Waals surface area contributed by atoms with Gasteiger partial charge in [-0.3, -0.25) is 0 Å². The van der Waals surface area contributed by atoms with Crippen molar-refractivity contribution < 1.29 is 4.79 Å². The number of likely N-dealkylation sites (tertiary alicyclic amines) is 1. The zero-order valence-electron chi connectivity index (χ0n) is 9.74. The van der Waals surface area contributed by atoms with Crippen molar-refractivity contribution in [3.05, 3.63) is 0 Å². The number of piperidine rings is 1. The number of nitrogens with zero attached hydrogens (tertiary/aromatic N) is 1. The lowest BCUT2D eigenvalue weighted by atomic mass is 9.96. The van der Waals surface area contributed by atoms with Gasteiger partial charge in [-0.05, 0) is 25.2 Å². The summed E-state index contributed by atoms with van der Waals surface area (Å²) in [5.41, 5.74) is 6.07. The Kier molecular flexibility index (Phi) is 2.35.